The Hall–Kier alpha value is -1.58. The van der Waals surface area contributed by atoms with Gasteiger partial charge >= 0.3 is 5.97 Å². The van der Waals surface area contributed by atoms with Gasteiger partial charge in [0.05, 0.1) is 15.6 Å². The minimum atomic E-state index is -1.14. The van der Waals surface area contributed by atoms with Gasteiger partial charge in [0, 0.05) is 12.4 Å². The van der Waals surface area contributed by atoms with Crippen molar-refractivity contribution in [2.24, 2.45) is 0 Å². The third-order valence-corrected chi connectivity index (χ3v) is 2.87. The van der Waals surface area contributed by atoms with E-state index >= 15 is 0 Å². The van der Waals surface area contributed by atoms with E-state index in [-0.39, 0.29) is 15.6 Å². The number of halogens is 2. The average Bonchev–Trinajstić information content (AvgIpc) is 2.28. The molecule has 0 aliphatic carbocycles. The molecule has 86 valence electrons. The summed E-state index contributed by atoms with van der Waals surface area (Å²) < 4.78 is 0. The fraction of sp³-hybridized carbons (Fsp3) is 0. The van der Waals surface area contributed by atoms with Crippen molar-refractivity contribution >= 4 is 29.2 Å². The first-order valence-electron chi connectivity index (χ1n) is 4.72. The van der Waals surface area contributed by atoms with Gasteiger partial charge in [-0.05, 0) is 35.4 Å². The first-order chi connectivity index (χ1) is 8.09. The summed E-state index contributed by atoms with van der Waals surface area (Å²) in [7, 11) is 0. The van der Waals surface area contributed by atoms with Crippen LogP contribution in [0.3, 0.4) is 0 Å². The number of carbonyl (C=O) groups is 1. The Kier molecular flexibility index (Phi) is 3.31. The largest absolute Gasteiger partial charge is 0.478 e. The maximum Gasteiger partial charge on any atom is 0.338 e. The fourth-order valence-electron chi connectivity index (χ4n) is 1.49. The molecule has 2 aromatic rings. The molecule has 0 aliphatic heterocycles. The maximum absolute atomic E-state index is 10.9. The molecule has 3 nitrogen and oxygen atoms in total. The zero-order valence-electron chi connectivity index (χ0n) is 8.52. The van der Waals surface area contributed by atoms with Crippen molar-refractivity contribution in [1.29, 1.82) is 0 Å². The van der Waals surface area contributed by atoms with Crippen molar-refractivity contribution in [3.63, 3.8) is 0 Å². The highest BCUT2D eigenvalue weighted by molar-refractivity contribution is 6.39. The molecule has 1 heterocycles. The maximum atomic E-state index is 10.9. The highest BCUT2D eigenvalue weighted by atomic mass is 35.5. The zero-order chi connectivity index (χ0) is 12.4. The Balaban J connectivity index is 2.57. The number of hydrogen-bond donors (Lipinski definition) is 1. The van der Waals surface area contributed by atoms with Gasteiger partial charge in [-0.15, -0.1) is 0 Å². The summed E-state index contributed by atoms with van der Waals surface area (Å²) >= 11 is 11.8. The summed E-state index contributed by atoms with van der Waals surface area (Å²) in [6, 6.07) is 6.74. The lowest BCUT2D eigenvalue weighted by molar-refractivity contribution is 0.0697. The molecule has 0 saturated heterocycles. The highest BCUT2D eigenvalue weighted by Crippen LogP contribution is 2.31. The molecule has 0 aliphatic rings. The Morgan fingerprint density at radius 2 is 1.59 bits per heavy atom. The van der Waals surface area contributed by atoms with E-state index in [0.717, 1.165) is 11.1 Å². The van der Waals surface area contributed by atoms with Gasteiger partial charge in [0.15, 0.2) is 0 Å². The van der Waals surface area contributed by atoms with Gasteiger partial charge in [-0.25, -0.2) is 4.79 Å². The van der Waals surface area contributed by atoms with Crippen LogP contribution >= 0.6 is 23.2 Å². The van der Waals surface area contributed by atoms with Crippen LogP contribution in [0.1, 0.15) is 10.4 Å². The molecule has 0 fully saturated rings. The van der Waals surface area contributed by atoms with Gasteiger partial charge < -0.3 is 5.11 Å². The van der Waals surface area contributed by atoms with E-state index < -0.39 is 5.97 Å². The summed E-state index contributed by atoms with van der Waals surface area (Å²) in [6.45, 7) is 0. The molecule has 17 heavy (non-hydrogen) atoms. The van der Waals surface area contributed by atoms with E-state index in [0.29, 0.717) is 0 Å². The third-order valence-electron chi connectivity index (χ3n) is 2.27. The van der Waals surface area contributed by atoms with E-state index in [1.54, 1.807) is 36.7 Å². The molecule has 0 radical (unpaired) electrons. The molecular formula is C12H7Cl2NO2. The summed E-state index contributed by atoms with van der Waals surface area (Å²) in [5.41, 5.74) is 1.55. The molecule has 0 atom stereocenters. The predicted octanol–water partition coefficient (Wildman–Crippen LogP) is 3.75. The van der Waals surface area contributed by atoms with E-state index in [2.05, 4.69) is 4.98 Å². The first kappa shape index (κ1) is 11.9. The molecule has 0 spiro atoms. The standard InChI is InChI=1S/C12H7Cl2NO2/c13-9-5-8(7-1-3-15-4-2-7)6-10(14)11(9)12(16)17/h1-6H,(H,16,17). The van der Waals surface area contributed by atoms with Gasteiger partial charge in [-0.3, -0.25) is 4.98 Å². The Morgan fingerprint density at radius 1 is 1.06 bits per heavy atom. The van der Waals surface area contributed by atoms with Crippen molar-refractivity contribution < 1.29 is 9.90 Å². The molecule has 1 N–H and O–H groups in total. The molecule has 0 amide bonds. The van der Waals surface area contributed by atoms with Crippen molar-refractivity contribution in [2.45, 2.75) is 0 Å². The van der Waals surface area contributed by atoms with Crippen LogP contribution in [0.4, 0.5) is 0 Å². The summed E-state index contributed by atoms with van der Waals surface area (Å²) in [5.74, 6) is -1.14. The minimum Gasteiger partial charge on any atom is -0.478 e. The van der Waals surface area contributed by atoms with Crippen LogP contribution in [-0.4, -0.2) is 16.1 Å². The van der Waals surface area contributed by atoms with Crippen molar-refractivity contribution in [2.75, 3.05) is 0 Å². The summed E-state index contributed by atoms with van der Waals surface area (Å²) in [5, 5.41) is 9.17. The van der Waals surface area contributed by atoms with Crippen LogP contribution in [0.5, 0.6) is 0 Å². The zero-order valence-corrected chi connectivity index (χ0v) is 10.0. The van der Waals surface area contributed by atoms with E-state index in [4.69, 9.17) is 28.3 Å². The number of nitrogens with zero attached hydrogens (tertiary/aromatic N) is 1. The number of pyridine rings is 1. The summed E-state index contributed by atoms with van der Waals surface area (Å²) in [6.07, 6.45) is 3.28. The molecule has 0 unspecified atom stereocenters. The predicted molar refractivity (Wildman–Crippen MR) is 66.7 cm³/mol. The van der Waals surface area contributed by atoms with Crippen LogP contribution in [0.15, 0.2) is 36.7 Å². The molecule has 5 heteroatoms. The Labute approximate surface area is 108 Å². The number of aromatic nitrogens is 1. The van der Waals surface area contributed by atoms with Crippen molar-refractivity contribution in [3.05, 3.63) is 52.3 Å². The van der Waals surface area contributed by atoms with E-state index in [1.165, 1.54) is 0 Å². The quantitative estimate of drug-likeness (QED) is 0.902. The third kappa shape index (κ3) is 2.40. The molecular weight excluding hydrogens is 261 g/mol. The molecule has 0 saturated carbocycles. The average molecular weight is 268 g/mol. The second-order valence-electron chi connectivity index (χ2n) is 3.36. The number of carboxylic acid groups (broad SMARTS) is 1. The molecule has 0 bridgehead atoms. The number of rotatable bonds is 2. The van der Waals surface area contributed by atoms with Crippen LogP contribution in [0.2, 0.25) is 10.0 Å². The number of benzene rings is 1. The van der Waals surface area contributed by atoms with Gasteiger partial charge in [0.25, 0.3) is 0 Å². The lowest BCUT2D eigenvalue weighted by Crippen LogP contribution is -1.99. The van der Waals surface area contributed by atoms with Crippen LogP contribution in [0, 0.1) is 0 Å². The van der Waals surface area contributed by atoms with Gasteiger partial charge in [0.1, 0.15) is 0 Å². The topological polar surface area (TPSA) is 50.2 Å². The lowest BCUT2D eigenvalue weighted by atomic mass is 10.1. The number of hydrogen-bond acceptors (Lipinski definition) is 2. The van der Waals surface area contributed by atoms with E-state index in [1.807, 2.05) is 0 Å². The van der Waals surface area contributed by atoms with Gasteiger partial charge in [0.2, 0.25) is 0 Å². The second-order valence-corrected chi connectivity index (χ2v) is 4.17. The first-order valence-corrected chi connectivity index (χ1v) is 5.48. The monoisotopic (exact) mass is 267 g/mol. The minimum absolute atomic E-state index is 0.0776. The SMILES string of the molecule is O=C(O)c1c(Cl)cc(-c2ccncc2)cc1Cl. The Bertz CT molecular complexity index is 547. The van der Waals surface area contributed by atoms with Gasteiger partial charge in [-0.1, -0.05) is 23.2 Å². The van der Waals surface area contributed by atoms with Crippen LogP contribution in [0.25, 0.3) is 11.1 Å². The highest BCUT2D eigenvalue weighted by Gasteiger charge is 2.15. The molecule has 2 rings (SSSR count). The van der Waals surface area contributed by atoms with E-state index in [9.17, 15) is 4.79 Å². The van der Waals surface area contributed by atoms with Crippen LogP contribution in [-0.2, 0) is 0 Å². The smallest absolute Gasteiger partial charge is 0.338 e. The van der Waals surface area contributed by atoms with Crippen molar-refractivity contribution in [1.82, 2.24) is 4.98 Å². The fourth-order valence-corrected chi connectivity index (χ4v) is 2.14. The molecule has 1 aromatic heterocycles. The summed E-state index contributed by atoms with van der Waals surface area (Å²) in [4.78, 5) is 14.8. The van der Waals surface area contributed by atoms with Gasteiger partial charge in [-0.2, -0.15) is 0 Å². The Morgan fingerprint density at radius 3 is 2.06 bits per heavy atom. The molecule has 1 aromatic carbocycles. The lowest BCUT2D eigenvalue weighted by Gasteiger charge is -2.06. The number of aromatic carboxylic acids is 1. The number of carboxylic acids is 1. The van der Waals surface area contributed by atoms with Crippen LogP contribution < -0.4 is 0 Å². The normalized spacial score (nSPS) is 10.2. The second kappa shape index (κ2) is 4.73. The van der Waals surface area contributed by atoms with Crippen molar-refractivity contribution in [3.8, 4) is 11.1 Å².